The first-order valence-electron chi connectivity index (χ1n) is 9.28. The molecule has 2 aromatic carbocycles. The molecule has 3 rings (SSSR count). The van der Waals surface area contributed by atoms with E-state index in [-0.39, 0.29) is 5.75 Å². The highest BCUT2D eigenvalue weighted by Crippen LogP contribution is 2.42. The van der Waals surface area contributed by atoms with E-state index < -0.39 is 42.9 Å². The van der Waals surface area contributed by atoms with Gasteiger partial charge in [-0.2, -0.15) is 0 Å². The maximum Gasteiger partial charge on any atom is 0.224 e. The van der Waals surface area contributed by atoms with Crippen LogP contribution in [0.2, 0.25) is 5.02 Å². The lowest BCUT2D eigenvalue weighted by Crippen LogP contribution is -2.64. The number of methoxy groups -OCH3 is 2. The van der Waals surface area contributed by atoms with Crippen LogP contribution in [0.3, 0.4) is 0 Å². The number of hydrogen-bond acceptors (Lipinski definition) is 8. The summed E-state index contributed by atoms with van der Waals surface area (Å²) in [7, 11) is 2.78. The standard InChI is InChI=1S/C21H25ClO8/c1-28-19(11-3-6-13(24)7-4-11)14-9-12(5-8-15(14)22)21(29-2)20(27)18(26)17(25)16(10-23)30-21/h3-9,16-20,23-27H,10H2,1-2H3/t16-,17-,18+,19?,20-,21+/m1/s1. The Hall–Kier alpha value is -1.75. The molecular formula is C21H25ClO8. The van der Waals surface area contributed by atoms with Gasteiger partial charge in [0.15, 0.2) is 0 Å². The molecule has 6 atom stereocenters. The fraction of sp³-hybridized carbons (Fsp3) is 0.429. The molecule has 1 heterocycles. The van der Waals surface area contributed by atoms with Crippen molar-refractivity contribution < 1.29 is 39.7 Å². The quantitative estimate of drug-likeness (QED) is 0.451. The zero-order chi connectivity index (χ0) is 22.1. The molecule has 8 nitrogen and oxygen atoms in total. The highest BCUT2D eigenvalue weighted by Gasteiger charge is 2.55. The smallest absolute Gasteiger partial charge is 0.224 e. The van der Waals surface area contributed by atoms with Crippen LogP contribution in [0.5, 0.6) is 5.75 Å². The van der Waals surface area contributed by atoms with Crippen molar-refractivity contribution in [2.24, 2.45) is 0 Å². The van der Waals surface area contributed by atoms with E-state index in [4.69, 9.17) is 25.8 Å². The van der Waals surface area contributed by atoms with Gasteiger partial charge in [-0.3, -0.25) is 0 Å². The van der Waals surface area contributed by atoms with Crippen molar-refractivity contribution in [3.8, 4) is 5.75 Å². The second kappa shape index (κ2) is 9.17. The molecule has 0 aromatic heterocycles. The highest BCUT2D eigenvalue weighted by atomic mass is 35.5. The van der Waals surface area contributed by atoms with Gasteiger partial charge in [-0.05, 0) is 29.8 Å². The molecule has 30 heavy (non-hydrogen) atoms. The molecule has 1 fully saturated rings. The Balaban J connectivity index is 2.09. The second-order valence-corrected chi connectivity index (χ2v) is 7.49. The summed E-state index contributed by atoms with van der Waals surface area (Å²) in [6.45, 7) is -0.593. The SMILES string of the molecule is COC(c1ccc(O)cc1)c1cc([C@]2(OC)O[C@H](CO)[C@@H](O)[C@H](O)[C@H]2O)ccc1Cl. The summed E-state index contributed by atoms with van der Waals surface area (Å²) in [5, 5.41) is 50.5. The maximum absolute atomic E-state index is 10.7. The maximum atomic E-state index is 10.7. The molecule has 0 saturated carbocycles. The van der Waals surface area contributed by atoms with Crippen molar-refractivity contribution in [2.75, 3.05) is 20.8 Å². The van der Waals surface area contributed by atoms with Crippen LogP contribution in [0.1, 0.15) is 22.8 Å². The van der Waals surface area contributed by atoms with Gasteiger partial charge in [-0.1, -0.05) is 29.8 Å². The van der Waals surface area contributed by atoms with Crippen LogP contribution in [0, 0.1) is 0 Å². The zero-order valence-electron chi connectivity index (χ0n) is 16.5. The Kier molecular flexibility index (Phi) is 7.01. The molecule has 5 N–H and O–H groups in total. The number of aliphatic hydroxyl groups is 4. The van der Waals surface area contributed by atoms with Crippen LogP contribution >= 0.6 is 11.6 Å². The summed E-state index contributed by atoms with van der Waals surface area (Å²) in [4.78, 5) is 0. The first kappa shape index (κ1) is 22.9. The molecular weight excluding hydrogens is 416 g/mol. The number of benzene rings is 2. The van der Waals surface area contributed by atoms with E-state index >= 15 is 0 Å². The van der Waals surface area contributed by atoms with Gasteiger partial charge in [-0.25, -0.2) is 0 Å². The van der Waals surface area contributed by atoms with Gasteiger partial charge in [0.25, 0.3) is 0 Å². The molecule has 0 amide bonds. The lowest BCUT2D eigenvalue weighted by Gasteiger charge is -2.47. The second-order valence-electron chi connectivity index (χ2n) is 7.08. The molecule has 1 unspecified atom stereocenters. The lowest BCUT2D eigenvalue weighted by molar-refractivity contribution is -0.366. The summed E-state index contributed by atoms with van der Waals surface area (Å²) >= 11 is 6.42. The molecule has 9 heteroatoms. The minimum atomic E-state index is -1.86. The molecule has 2 aromatic rings. The van der Waals surface area contributed by atoms with Gasteiger partial charge in [0.2, 0.25) is 5.79 Å². The number of aromatic hydroxyl groups is 1. The molecule has 0 radical (unpaired) electrons. The fourth-order valence-electron chi connectivity index (χ4n) is 3.72. The van der Waals surface area contributed by atoms with Gasteiger partial charge in [0.1, 0.15) is 36.3 Å². The largest absolute Gasteiger partial charge is 0.508 e. The third-order valence-electron chi connectivity index (χ3n) is 5.37. The Bertz CT molecular complexity index is 859. The minimum absolute atomic E-state index is 0.105. The Morgan fingerprint density at radius 1 is 1.07 bits per heavy atom. The number of phenolic OH excluding ortho intramolecular Hbond substituents is 1. The Morgan fingerprint density at radius 2 is 1.73 bits per heavy atom. The molecule has 1 aliphatic heterocycles. The minimum Gasteiger partial charge on any atom is -0.508 e. The third kappa shape index (κ3) is 3.93. The molecule has 0 aliphatic carbocycles. The lowest BCUT2D eigenvalue weighted by atomic mass is 9.86. The summed E-state index contributed by atoms with van der Waals surface area (Å²) < 4.78 is 16.8. The van der Waals surface area contributed by atoms with Crippen LogP contribution in [0.4, 0.5) is 0 Å². The third-order valence-corrected chi connectivity index (χ3v) is 5.71. The summed E-state index contributed by atoms with van der Waals surface area (Å²) in [6, 6.07) is 11.1. The molecule has 1 saturated heterocycles. The average molecular weight is 441 g/mol. The van der Waals surface area contributed by atoms with E-state index in [0.717, 1.165) is 5.56 Å². The van der Waals surface area contributed by atoms with Crippen molar-refractivity contribution in [3.63, 3.8) is 0 Å². The molecule has 0 bridgehead atoms. The van der Waals surface area contributed by atoms with E-state index in [2.05, 4.69) is 0 Å². The zero-order valence-corrected chi connectivity index (χ0v) is 17.2. The summed E-state index contributed by atoms with van der Waals surface area (Å²) in [5.74, 6) is -1.76. The molecule has 0 spiro atoms. The number of halogens is 1. The first-order chi connectivity index (χ1) is 14.3. The molecule has 164 valence electrons. The topological polar surface area (TPSA) is 129 Å². The van der Waals surface area contributed by atoms with E-state index in [1.165, 1.54) is 26.4 Å². The van der Waals surface area contributed by atoms with Crippen molar-refractivity contribution in [3.05, 3.63) is 64.2 Å². The average Bonchev–Trinajstić information content (AvgIpc) is 2.76. The van der Waals surface area contributed by atoms with Gasteiger partial charge < -0.3 is 39.7 Å². The van der Waals surface area contributed by atoms with Gasteiger partial charge >= 0.3 is 0 Å². The predicted octanol–water partition coefficient (Wildman–Crippen LogP) is 1.05. The van der Waals surface area contributed by atoms with E-state index in [0.29, 0.717) is 16.1 Å². The molecule has 1 aliphatic rings. The first-order valence-corrected chi connectivity index (χ1v) is 9.66. The highest BCUT2D eigenvalue weighted by molar-refractivity contribution is 6.31. The van der Waals surface area contributed by atoms with E-state index in [9.17, 15) is 25.5 Å². The summed E-state index contributed by atoms with van der Waals surface area (Å²) in [5.41, 5.74) is 1.55. The predicted molar refractivity (Wildman–Crippen MR) is 107 cm³/mol. The van der Waals surface area contributed by atoms with Gasteiger partial charge in [0, 0.05) is 30.4 Å². The number of phenols is 1. The monoisotopic (exact) mass is 440 g/mol. The Morgan fingerprint density at radius 3 is 2.30 bits per heavy atom. The van der Waals surface area contributed by atoms with Crippen LogP contribution in [0.15, 0.2) is 42.5 Å². The number of hydrogen-bond donors (Lipinski definition) is 5. The van der Waals surface area contributed by atoms with Gasteiger partial charge in [-0.15, -0.1) is 0 Å². The van der Waals surface area contributed by atoms with Crippen LogP contribution in [-0.4, -0.2) is 70.8 Å². The fourth-order valence-corrected chi connectivity index (χ4v) is 3.94. The Labute approximate surface area is 178 Å². The van der Waals surface area contributed by atoms with Crippen molar-refractivity contribution in [1.29, 1.82) is 0 Å². The van der Waals surface area contributed by atoms with E-state index in [1.807, 2.05) is 0 Å². The van der Waals surface area contributed by atoms with Crippen LogP contribution < -0.4 is 0 Å². The number of rotatable bonds is 6. The van der Waals surface area contributed by atoms with Crippen LogP contribution in [0.25, 0.3) is 0 Å². The van der Waals surface area contributed by atoms with Gasteiger partial charge in [0.05, 0.1) is 6.61 Å². The summed E-state index contributed by atoms with van der Waals surface area (Å²) in [6.07, 6.45) is -6.56. The number of ether oxygens (including phenoxy) is 3. The normalized spacial score (nSPS) is 30.2. The van der Waals surface area contributed by atoms with Crippen molar-refractivity contribution >= 4 is 11.6 Å². The van der Waals surface area contributed by atoms with Crippen molar-refractivity contribution in [1.82, 2.24) is 0 Å². The van der Waals surface area contributed by atoms with Crippen molar-refractivity contribution in [2.45, 2.75) is 36.3 Å². The number of aliphatic hydroxyl groups excluding tert-OH is 4. The van der Waals surface area contributed by atoms with E-state index in [1.54, 1.807) is 30.3 Å². The van der Waals surface area contributed by atoms with Crippen LogP contribution in [-0.2, 0) is 20.0 Å².